The minimum Gasteiger partial charge on any atom is -0.491 e. The van der Waals surface area contributed by atoms with Gasteiger partial charge in [-0.2, -0.15) is 0 Å². The second-order valence-electron chi connectivity index (χ2n) is 14.0. The van der Waals surface area contributed by atoms with Gasteiger partial charge in [-0.25, -0.2) is 4.39 Å². The van der Waals surface area contributed by atoms with E-state index in [1.807, 2.05) is 58.0 Å². The smallest absolute Gasteiger partial charge is 0.255 e. The molecule has 0 radical (unpaired) electrons. The summed E-state index contributed by atoms with van der Waals surface area (Å²) < 4.78 is 19.6. The van der Waals surface area contributed by atoms with Gasteiger partial charge < -0.3 is 30.9 Å². The second-order valence-corrected chi connectivity index (χ2v) is 14.0. The van der Waals surface area contributed by atoms with Crippen LogP contribution >= 0.6 is 0 Å². The molecule has 11 nitrogen and oxygen atoms in total. The Kier molecular flexibility index (Phi) is 12.9. The molecule has 0 saturated heterocycles. The number of nitrogens with zero attached hydrogens (tertiary/aromatic N) is 1. The van der Waals surface area contributed by atoms with Crippen molar-refractivity contribution in [2.75, 3.05) is 20.2 Å². The first-order chi connectivity index (χ1) is 24.2. The van der Waals surface area contributed by atoms with Gasteiger partial charge in [0, 0.05) is 25.4 Å². The number of ether oxygens (including phenoxy) is 1. The molecule has 4 rings (SSSR count). The highest BCUT2D eigenvalue weighted by molar-refractivity contribution is 6.01. The molecule has 0 aromatic heterocycles. The van der Waals surface area contributed by atoms with Gasteiger partial charge in [0.2, 0.25) is 23.6 Å². The zero-order valence-corrected chi connectivity index (χ0v) is 30.0. The third-order valence-corrected chi connectivity index (χ3v) is 9.02. The predicted molar refractivity (Wildman–Crippen MR) is 191 cm³/mol. The van der Waals surface area contributed by atoms with E-state index in [0.717, 1.165) is 11.1 Å². The Morgan fingerprint density at radius 1 is 0.922 bits per heavy atom. The van der Waals surface area contributed by atoms with Crippen molar-refractivity contribution in [3.05, 3.63) is 101 Å². The average Bonchev–Trinajstić information content (AvgIpc) is 3.10. The molecule has 0 fully saturated rings. The summed E-state index contributed by atoms with van der Waals surface area (Å²) in [4.78, 5) is 70.3. The quantitative estimate of drug-likeness (QED) is 0.297. The lowest BCUT2D eigenvalue weighted by molar-refractivity contribution is -0.141. The monoisotopic (exact) mass is 701 g/mol. The normalized spacial score (nSPS) is 21.1. The van der Waals surface area contributed by atoms with Crippen LogP contribution in [0.1, 0.15) is 62.5 Å². The maximum Gasteiger partial charge on any atom is 0.255 e. The number of carbonyl (C=O) groups excluding carboxylic acids is 5. The Morgan fingerprint density at radius 2 is 1.57 bits per heavy atom. The fourth-order valence-corrected chi connectivity index (χ4v) is 5.77. The van der Waals surface area contributed by atoms with Gasteiger partial charge >= 0.3 is 0 Å². The topological polar surface area (TPSA) is 146 Å². The van der Waals surface area contributed by atoms with Crippen LogP contribution in [-0.4, -0.2) is 78.8 Å². The van der Waals surface area contributed by atoms with Crippen LogP contribution in [0.4, 0.5) is 4.39 Å². The number of para-hydroxylation sites is 1. The van der Waals surface area contributed by atoms with E-state index < -0.39 is 65.5 Å². The molecule has 0 unspecified atom stereocenters. The summed E-state index contributed by atoms with van der Waals surface area (Å²) in [6.45, 7) is 9.24. The van der Waals surface area contributed by atoms with Crippen molar-refractivity contribution in [3.63, 3.8) is 0 Å². The van der Waals surface area contributed by atoms with E-state index in [0.29, 0.717) is 0 Å². The molecule has 4 N–H and O–H groups in total. The van der Waals surface area contributed by atoms with E-state index in [-0.39, 0.29) is 42.6 Å². The van der Waals surface area contributed by atoms with Crippen LogP contribution in [0.25, 0.3) is 0 Å². The lowest BCUT2D eigenvalue weighted by Crippen LogP contribution is -2.58. The second kappa shape index (κ2) is 17.1. The van der Waals surface area contributed by atoms with Gasteiger partial charge in [-0.05, 0) is 48.2 Å². The number of benzene rings is 3. The van der Waals surface area contributed by atoms with Crippen LogP contribution in [0.5, 0.6) is 5.75 Å². The maximum absolute atomic E-state index is 14.0. The zero-order valence-electron chi connectivity index (χ0n) is 30.0. The number of nitrogens with one attached hydrogen (secondary N) is 4. The van der Waals surface area contributed by atoms with Gasteiger partial charge in [-0.15, -0.1) is 0 Å². The third-order valence-electron chi connectivity index (χ3n) is 9.02. The zero-order chi connectivity index (χ0) is 37.3. The van der Waals surface area contributed by atoms with E-state index in [1.54, 1.807) is 37.3 Å². The summed E-state index contributed by atoms with van der Waals surface area (Å²) in [5.74, 6) is -3.28. The first kappa shape index (κ1) is 38.5. The highest BCUT2D eigenvalue weighted by atomic mass is 19.1. The number of hydrogen-bond acceptors (Lipinski definition) is 6. The lowest BCUT2D eigenvalue weighted by Gasteiger charge is -2.32. The number of rotatable bonds is 7. The molecule has 1 heterocycles. The number of amides is 5. The number of halogens is 1. The third kappa shape index (κ3) is 10.4. The van der Waals surface area contributed by atoms with E-state index in [9.17, 15) is 28.4 Å². The van der Waals surface area contributed by atoms with E-state index in [2.05, 4.69) is 21.3 Å². The summed E-state index contributed by atoms with van der Waals surface area (Å²) in [7, 11) is 1.47. The average molecular weight is 702 g/mol. The first-order valence-corrected chi connectivity index (χ1v) is 17.1. The van der Waals surface area contributed by atoms with Crippen molar-refractivity contribution in [3.8, 4) is 5.75 Å². The highest BCUT2D eigenvalue weighted by Crippen LogP contribution is 2.23. The summed E-state index contributed by atoms with van der Waals surface area (Å²) in [6.07, 6.45) is -0.341. The van der Waals surface area contributed by atoms with Crippen molar-refractivity contribution >= 4 is 29.5 Å². The molecule has 5 amide bonds. The molecule has 51 heavy (non-hydrogen) atoms. The van der Waals surface area contributed by atoms with Crippen molar-refractivity contribution in [1.82, 2.24) is 26.2 Å². The van der Waals surface area contributed by atoms with Crippen LogP contribution in [0, 0.1) is 11.7 Å². The van der Waals surface area contributed by atoms with E-state index in [1.165, 1.54) is 30.1 Å². The van der Waals surface area contributed by atoms with Crippen molar-refractivity contribution in [2.24, 2.45) is 5.92 Å². The Balaban J connectivity index is 1.70. The molecule has 0 saturated carbocycles. The molecule has 1 aliphatic rings. The molecule has 0 bridgehead atoms. The number of carbonyl (C=O) groups is 5. The standard InChI is InChI=1S/C39H48FN5O6/c1-24(2)34-38(50)42-25(3)22-51-32-15-11-10-14-29(32)35(47)43-30(36(48)41-23-39(4,5)27-16-18-28(40)19-17-27)21-33(46)45(6)31(37(49)44-34)20-26-12-8-7-9-13-26/h7-19,24-25,30-31,34H,20-23H2,1-6H3,(H,41,48)(H,42,50)(H,43,47)(H,44,49)/t25-,30-,31-,34+/m0/s1. The van der Waals surface area contributed by atoms with Crippen molar-refractivity contribution in [2.45, 2.75) is 77.0 Å². The molecule has 272 valence electrons. The largest absolute Gasteiger partial charge is 0.491 e. The minimum absolute atomic E-state index is 0.00896. The summed E-state index contributed by atoms with van der Waals surface area (Å²) >= 11 is 0. The van der Waals surface area contributed by atoms with Crippen LogP contribution in [0.2, 0.25) is 0 Å². The van der Waals surface area contributed by atoms with Gasteiger partial charge in [-0.1, -0.05) is 82.3 Å². The van der Waals surface area contributed by atoms with Gasteiger partial charge in [0.1, 0.15) is 36.3 Å². The molecule has 12 heteroatoms. The molecule has 3 aromatic rings. The first-order valence-electron chi connectivity index (χ1n) is 17.1. The fourth-order valence-electron chi connectivity index (χ4n) is 5.77. The van der Waals surface area contributed by atoms with Crippen LogP contribution in [-0.2, 0) is 31.0 Å². The molecule has 1 aliphatic heterocycles. The van der Waals surface area contributed by atoms with Crippen LogP contribution < -0.4 is 26.0 Å². The molecule has 4 atom stereocenters. The maximum atomic E-state index is 14.0. The Labute approximate surface area is 298 Å². The molecule has 0 spiro atoms. The van der Waals surface area contributed by atoms with Gasteiger partial charge in [0.15, 0.2) is 0 Å². The number of fused-ring (bicyclic) bond motifs is 1. The summed E-state index contributed by atoms with van der Waals surface area (Å²) in [5, 5.41) is 11.3. The van der Waals surface area contributed by atoms with Gasteiger partial charge in [-0.3, -0.25) is 24.0 Å². The van der Waals surface area contributed by atoms with Crippen molar-refractivity contribution in [1.29, 1.82) is 0 Å². The van der Waals surface area contributed by atoms with Gasteiger partial charge in [0.25, 0.3) is 5.91 Å². The molecular weight excluding hydrogens is 653 g/mol. The Hall–Kier alpha value is -5.26. The highest BCUT2D eigenvalue weighted by Gasteiger charge is 2.35. The summed E-state index contributed by atoms with van der Waals surface area (Å²) in [5.41, 5.74) is 1.06. The predicted octanol–water partition coefficient (Wildman–Crippen LogP) is 3.52. The van der Waals surface area contributed by atoms with E-state index >= 15 is 0 Å². The Morgan fingerprint density at radius 3 is 2.24 bits per heavy atom. The van der Waals surface area contributed by atoms with E-state index in [4.69, 9.17) is 4.74 Å². The van der Waals surface area contributed by atoms with Crippen LogP contribution in [0.3, 0.4) is 0 Å². The van der Waals surface area contributed by atoms with Gasteiger partial charge in [0.05, 0.1) is 18.0 Å². The van der Waals surface area contributed by atoms with Crippen molar-refractivity contribution < 1.29 is 33.1 Å². The SMILES string of the molecule is CC(C)[C@H]1NC(=O)[C@H](Cc2ccccc2)N(C)C(=O)C[C@@H](C(=O)NCC(C)(C)c2ccc(F)cc2)NC(=O)c2ccccc2OC[C@H](C)NC1=O. The van der Waals surface area contributed by atoms with Crippen LogP contribution in [0.15, 0.2) is 78.9 Å². The molecular formula is C39H48FN5O6. The lowest BCUT2D eigenvalue weighted by atomic mass is 9.84. The minimum atomic E-state index is -1.34. The fraction of sp³-hybridized carbons (Fsp3) is 0.410. The number of likely N-dealkylation sites (N-methyl/N-ethyl adjacent to an activating group) is 1. The number of hydrogen-bond donors (Lipinski definition) is 4. The molecule has 3 aromatic carbocycles. The summed E-state index contributed by atoms with van der Waals surface area (Å²) in [6, 6.07) is 17.8. The Bertz CT molecular complexity index is 1700. The molecule has 0 aliphatic carbocycles.